The molecule has 2 aromatic rings. The molecular formula is C19H16NO5. The molecule has 0 bridgehead atoms. The van der Waals surface area contributed by atoms with Crippen LogP contribution in [0.1, 0.15) is 11.5 Å². The first-order valence-corrected chi connectivity index (χ1v) is 7.87. The van der Waals surface area contributed by atoms with Crippen molar-refractivity contribution in [2.75, 3.05) is 6.61 Å². The molecule has 2 aliphatic heterocycles. The zero-order valence-electron chi connectivity index (χ0n) is 13.3. The zero-order chi connectivity index (χ0) is 17.4. The summed E-state index contributed by atoms with van der Waals surface area (Å²) in [6.07, 6.45) is 8.21. The fourth-order valence-electron chi connectivity index (χ4n) is 3.10. The topological polar surface area (TPSA) is 89.9 Å². The molecule has 0 aliphatic carbocycles. The predicted octanol–water partition coefficient (Wildman–Crippen LogP) is 3.16. The highest BCUT2D eigenvalue weighted by molar-refractivity contribution is 5.62. The van der Waals surface area contributed by atoms with E-state index in [-0.39, 0.29) is 18.1 Å². The van der Waals surface area contributed by atoms with E-state index in [1.54, 1.807) is 47.6 Å². The highest BCUT2D eigenvalue weighted by atomic mass is 16.3. The van der Waals surface area contributed by atoms with Crippen molar-refractivity contribution >= 4 is 6.08 Å². The lowest BCUT2D eigenvalue weighted by Gasteiger charge is -2.27. The fourth-order valence-corrected chi connectivity index (χ4v) is 3.10. The van der Waals surface area contributed by atoms with Crippen molar-refractivity contribution < 1.29 is 24.2 Å². The van der Waals surface area contributed by atoms with Crippen molar-refractivity contribution in [3.63, 3.8) is 0 Å². The molecule has 0 aromatic carbocycles. The van der Waals surface area contributed by atoms with Crippen LogP contribution in [0.25, 0.3) is 6.08 Å². The monoisotopic (exact) mass is 338 g/mol. The molecule has 1 unspecified atom stereocenters. The molecule has 1 radical (unpaired) electrons. The van der Waals surface area contributed by atoms with Gasteiger partial charge in [0, 0.05) is 23.8 Å². The Bertz CT molecular complexity index is 884. The standard InChI is InChI=1S/C19H16NO5/c21-11-17-15(9-14-4-2-6-25-14)19(23)16-8-12(18(22)10-20(16)17)7-13-3-1-5-24-13/h1-6,8-10,17,21-22H,7,11H2/b15-9-. The third kappa shape index (κ3) is 2.66. The van der Waals surface area contributed by atoms with Gasteiger partial charge in [0.1, 0.15) is 17.3 Å². The number of nitrogens with zero attached hydrogens (tertiary/aromatic N) is 1. The molecule has 6 heteroatoms. The fraction of sp³-hybridized carbons (Fsp3) is 0.158. The summed E-state index contributed by atoms with van der Waals surface area (Å²) in [5, 5.41) is 32.9. The summed E-state index contributed by atoms with van der Waals surface area (Å²) in [5.41, 5.74) is 1.42. The van der Waals surface area contributed by atoms with Crippen LogP contribution in [0.4, 0.5) is 0 Å². The third-order valence-corrected chi connectivity index (χ3v) is 4.33. The van der Waals surface area contributed by atoms with E-state index in [1.165, 1.54) is 12.5 Å². The highest BCUT2D eigenvalue weighted by Crippen LogP contribution is 2.39. The van der Waals surface area contributed by atoms with Gasteiger partial charge in [-0.3, -0.25) is 5.11 Å². The van der Waals surface area contributed by atoms with Gasteiger partial charge in [0.2, 0.25) is 5.76 Å². The SMILES string of the molecule is [O]C1=C2C=C(Cc3ccco3)C(O)=CN2C(CO)/C1=C/c1ccco1. The largest absolute Gasteiger partial charge is 0.506 e. The van der Waals surface area contributed by atoms with Crippen molar-refractivity contribution in [3.8, 4) is 0 Å². The predicted molar refractivity (Wildman–Crippen MR) is 88.3 cm³/mol. The molecule has 4 rings (SSSR count). The zero-order valence-corrected chi connectivity index (χ0v) is 13.3. The van der Waals surface area contributed by atoms with E-state index in [4.69, 9.17) is 8.83 Å². The van der Waals surface area contributed by atoms with Gasteiger partial charge in [0.25, 0.3) is 0 Å². The highest BCUT2D eigenvalue weighted by Gasteiger charge is 2.38. The molecule has 0 amide bonds. The summed E-state index contributed by atoms with van der Waals surface area (Å²) in [7, 11) is 0. The maximum Gasteiger partial charge on any atom is 0.207 e. The first kappa shape index (κ1) is 15.4. The molecule has 25 heavy (non-hydrogen) atoms. The van der Waals surface area contributed by atoms with E-state index >= 15 is 0 Å². The van der Waals surface area contributed by atoms with Crippen molar-refractivity contribution in [1.29, 1.82) is 0 Å². The molecule has 1 atom stereocenters. The Hall–Kier alpha value is -3.12. The molecule has 127 valence electrons. The van der Waals surface area contributed by atoms with Crippen LogP contribution < -0.4 is 0 Å². The van der Waals surface area contributed by atoms with Gasteiger partial charge in [0.15, 0.2) is 0 Å². The van der Waals surface area contributed by atoms with Crippen molar-refractivity contribution in [2.24, 2.45) is 0 Å². The molecule has 0 fully saturated rings. The van der Waals surface area contributed by atoms with Gasteiger partial charge < -0.3 is 23.9 Å². The lowest BCUT2D eigenvalue weighted by molar-refractivity contribution is 0.216. The number of fused-ring (bicyclic) bond motifs is 1. The lowest BCUT2D eigenvalue weighted by atomic mass is 10.0. The molecule has 2 aliphatic rings. The van der Waals surface area contributed by atoms with Gasteiger partial charge in [-0.05, 0) is 36.4 Å². The molecule has 0 spiro atoms. The number of allylic oxidation sites excluding steroid dienone is 2. The van der Waals surface area contributed by atoms with Crippen LogP contribution in [0.15, 0.2) is 86.3 Å². The maximum absolute atomic E-state index is 12.8. The number of aliphatic hydroxyl groups is 2. The van der Waals surface area contributed by atoms with Crippen LogP contribution in [0, 0.1) is 0 Å². The first-order valence-electron chi connectivity index (χ1n) is 7.87. The average Bonchev–Trinajstić information content (AvgIpc) is 3.33. The van der Waals surface area contributed by atoms with Crippen molar-refractivity contribution in [3.05, 3.63) is 88.9 Å². The molecule has 6 nitrogen and oxygen atoms in total. The van der Waals surface area contributed by atoms with Gasteiger partial charge >= 0.3 is 0 Å². The minimum Gasteiger partial charge on any atom is -0.506 e. The summed E-state index contributed by atoms with van der Waals surface area (Å²) >= 11 is 0. The van der Waals surface area contributed by atoms with E-state index in [0.29, 0.717) is 34.8 Å². The van der Waals surface area contributed by atoms with Crippen LogP contribution >= 0.6 is 0 Å². The Morgan fingerprint density at radius 1 is 1.20 bits per heavy atom. The van der Waals surface area contributed by atoms with Crippen LogP contribution in [0.5, 0.6) is 0 Å². The second-order valence-electron chi connectivity index (χ2n) is 5.88. The first-order chi connectivity index (χ1) is 12.2. The van der Waals surface area contributed by atoms with Crippen molar-refractivity contribution in [2.45, 2.75) is 12.5 Å². The molecule has 4 heterocycles. The van der Waals surface area contributed by atoms with Crippen molar-refractivity contribution in [1.82, 2.24) is 4.90 Å². The minimum absolute atomic E-state index is 0.0469. The lowest BCUT2D eigenvalue weighted by Crippen LogP contribution is -2.31. The third-order valence-electron chi connectivity index (χ3n) is 4.33. The summed E-state index contributed by atoms with van der Waals surface area (Å²) in [6.45, 7) is -0.257. The molecular weight excluding hydrogens is 322 g/mol. The second kappa shape index (κ2) is 6.07. The smallest absolute Gasteiger partial charge is 0.207 e. The number of rotatable bonds is 4. The van der Waals surface area contributed by atoms with E-state index in [1.807, 2.05) is 0 Å². The molecule has 2 aromatic heterocycles. The number of furan rings is 2. The van der Waals surface area contributed by atoms with Crippen LogP contribution in [0.2, 0.25) is 0 Å². The van der Waals surface area contributed by atoms with Gasteiger partial charge in [-0.25, -0.2) is 0 Å². The normalized spacial score (nSPS) is 21.6. The summed E-state index contributed by atoms with van der Waals surface area (Å²) < 4.78 is 10.6. The van der Waals surface area contributed by atoms with E-state index in [0.717, 1.165) is 0 Å². The Balaban J connectivity index is 1.74. The minimum atomic E-state index is -0.559. The summed E-state index contributed by atoms with van der Waals surface area (Å²) in [6, 6.07) is 6.48. The molecule has 2 N–H and O–H groups in total. The van der Waals surface area contributed by atoms with Gasteiger partial charge in [0.05, 0.1) is 30.9 Å². The number of aliphatic hydroxyl groups excluding tert-OH is 2. The maximum atomic E-state index is 12.8. The Morgan fingerprint density at radius 2 is 2.00 bits per heavy atom. The number of hydrogen-bond donors (Lipinski definition) is 2. The van der Waals surface area contributed by atoms with E-state index in [2.05, 4.69) is 0 Å². The summed E-state index contributed by atoms with van der Waals surface area (Å²) in [4.78, 5) is 1.60. The summed E-state index contributed by atoms with van der Waals surface area (Å²) in [5.74, 6) is 1.08. The van der Waals surface area contributed by atoms with Crippen LogP contribution in [0.3, 0.4) is 0 Å². The van der Waals surface area contributed by atoms with Gasteiger partial charge in [-0.2, -0.15) is 0 Å². The Morgan fingerprint density at radius 3 is 2.68 bits per heavy atom. The molecule has 0 saturated heterocycles. The van der Waals surface area contributed by atoms with Gasteiger partial charge in [-0.1, -0.05) is 0 Å². The second-order valence-corrected chi connectivity index (χ2v) is 5.88. The van der Waals surface area contributed by atoms with Crippen LogP contribution in [-0.4, -0.2) is 27.8 Å². The number of hydrogen-bond acceptors (Lipinski definition) is 5. The van der Waals surface area contributed by atoms with Crippen LogP contribution in [-0.2, 0) is 11.5 Å². The Labute approximate surface area is 143 Å². The van der Waals surface area contributed by atoms with E-state index in [9.17, 15) is 15.3 Å². The molecule has 0 saturated carbocycles. The van der Waals surface area contributed by atoms with E-state index < -0.39 is 6.04 Å². The van der Waals surface area contributed by atoms with Gasteiger partial charge in [-0.15, -0.1) is 0 Å². The quantitative estimate of drug-likeness (QED) is 0.894. The Kier molecular flexibility index (Phi) is 3.74. The average molecular weight is 338 g/mol.